The maximum atomic E-state index is 11.2. The second-order valence-electron chi connectivity index (χ2n) is 3.59. The highest BCUT2D eigenvalue weighted by Gasteiger charge is 2.12. The second kappa shape index (κ2) is 5.66. The molecule has 0 saturated carbocycles. The van der Waals surface area contributed by atoms with Crippen LogP contribution in [0.1, 0.15) is 30.5 Å². The summed E-state index contributed by atoms with van der Waals surface area (Å²) in [6.07, 6.45) is -0.541. The predicted molar refractivity (Wildman–Crippen MR) is 60.0 cm³/mol. The Bertz CT molecular complexity index is 460. The second-order valence-corrected chi connectivity index (χ2v) is 3.59. The molecule has 0 aliphatic carbocycles. The van der Waals surface area contributed by atoms with Crippen molar-refractivity contribution in [3.8, 4) is 6.07 Å². The average molecular weight is 232 g/mol. The number of hydrogen-bond donors (Lipinski definition) is 2. The van der Waals surface area contributed by atoms with Gasteiger partial charge in [0.05, 0.1) is 17.7 Å². The van der Waals surface area contributed by atoms with E-state index in [4.69, 9.17) is 10.4 Å². The lowest BCUT2D eigenvalue weighted by Crippen LogP contribution is -2.28. The lowest BCUT2D eigenvalue weighted by molar-refractivity contribution is -0.140. The van der Waals surface area contributed by atoms with E-state index < -0.39 is 18.3 Å². The summed E-state index contributed by atoms with van der Waals surface area (Å²) < 4.78 is 0. The molecule has 1 aromatic rings. The molecule has 0 radical (unpaired) electrons. The van der Waals surface area contributed by atoms with Crippen LogP contribution < -0.4 is 5.32 Å². The zero-order valence-electron chi connectivity index (χ0n) is 9.30. The molecule has 5 nitrogen and oxygen atoms in total. The molecule has 0 fully saturated rings. The van der Waals surface area contributed by atoms with Crippen LogP contribution in [0, 0.1) is 11.3 Å². The third kappa shape index (κ3) is 3.95. The van der Waals surface area contributed by atoms with Gasteiger partial charge in [-0.2, -0.15) is 5.26 Å². The fourth-order valence-corrected chi connectivity index (χ4v) is 1.36. The van der Waals surface area contributed by atoms with E-state index in [1.165, 1.54) is 0 Å². The van der Waals surface area contributed by atoms with E-state index in [0.717, 1.165) is 5.56 Å². The standard InChI is InChI=1S/C12H12N2O3/c1-8(14-11(15)6-12(16)17)10-4-2-9(7-13)3-5-10/h2-5,8H,6H2,1H3,(H,14,15)(H,16,17). The molecule has 0 bridgehead atoms. The van der Waals surface area contributed by atoms with E-state index in [9.17, 15) is 9.59 Å². The number of nitriles is 1. The third-order valence-electron chi connectivity index (χ3n) is 2.23. The van der Waals surface area contributed by atoms with Crippen molar-refractivity contribution in [2.45, 2.75) is 19.4 Å². The number of nitrogens with one attached hydrogen (secondary N) is 1. The highest BCUT2D eigenvalue weighted by molar-refractivity contribution is 5.93. The highest BCUT2D eigenvalue weighted by Crippen LogP contribution is 2.13. The van der Waals surface area contributed by atoms with Gasteiger partial charge < -0.3 is 10.4 Å². The van der Waals surface area contributed by atoms with Crippen molar-refractivity contribution in [2.75, 3.05) is 0 Å². The van der Waals surface area contributed by atoms with Gasteiger partial charge in [-0.15, -0.1) is 0 Å². The number of benzene rings is 1. The largest absolute Gasteiger partial charge is 0.481 e. The topological polar surface area (TPSA) is 90.2 Å². The van der Waals surface area contributed by atoms with Crippen LogP contribution in [-0.2, 0) is 9.59 Å². The zero-order chi connectivity index (χ0) is 12.8. The maximum Gasteiger partial charge on any atom is 0.312 e. The van der Waals surface area contributed by atoms with Crippen LogP contribution in [0.4, 0.5) is 0 Å². The van der Waals surface area contributed by atoms with Crippen molar-refractivity contribution in [3.05, 3.63) is 35.4 Å². The SMILES string of the molecule is CC(NC(=O)CC(=O)O)c1ccc(C#N)cc1. The minimum absolute atomic E-state index is 0.283. The summed E-state index contributed by atoms with van der Waals surface area (Å²) in [4.78, 5) is 21.5. The Labute approximate surface area is 98.7 Å². The van der Waals surface area contributed by atoms with Crippen LogP contribution in [0.5, 0.6) is 0 Å². The van der Waals surface area contributed by atoms with Gasteiger partial charge >= 0.3 is 5.97 Å². The number of carboxylic acid groups (broad SMARTS) is 1. The first-order valence-electron chi connectivity index (χ1n) is 5.04. The molecule has 88 valence electrons. The van der Waals surface area contributed by atoms with E-state index >= 15 is 0 Å². The monoisotopic (exact) mass is 232 g/mol. The fraction of sp³-hybridized carbons (Fsp3) is 0.250. The number of amides is 1. The van der Waals surface area contributed by atoms with E-state index in [2.05, 4.69) is 5.32 Å². The molecular weight excluding hydrogens is 220 g/mol. The van der Waals surface area contributed by atoms with E-state index in [1.54, 1.807) is 31.2 Å². The molecule has 1 unspecified atom stereocenters. The molecular formula is C12H12N2O3. The fourth-order valence-electron chi connectivity index (χ4n) is 1.36. The summed E-state index contributed by atoms with van der Waals surface area (Å²) in [6.45, 7) is 1.75. The molecule has 5 heteroatoms. The van der Waals surface area contributed by atoms with Crippen LogP contribution in [0.15, 0.2) is 24.3 Å². The molecule has 0 heterocycles. The van der Waals surface area contributed by atoms with Crippen LogP contribution in [-0.4, -0.2) is 17.0 Å². The summed E-state index contributed by atoms with van der Waals surface area (Å²) in [5.41, 5.74) is 1.36. The normalized spacial score (nSPS) is 11.3. The molecule has 2 N–H and O–H groups in total. The van der Waals surface area contributed by atoms with Gasteiger partial charge in [-0.25, -0.2) is 0 Å². The zero-order valence-corrected chi connectivity index (χ0v) is 9.30. The molecule has 17 heavy (non-hydrogen) atoms. The van der Waals surface area contributed by atoms with Crippen molar-refractivity contribution in [3.63, 3.8) is 0 Å². The summed E-state index contributed by atoms with van der Waals surface area (Å²) >= 11 is 0. The Balaban J connectivity index is 2.63. The summed E-state index contributed by atoms with van der Waals surface area (Å²) in [5.74, 6) is -1.69. The molecule has 1 amide bonds. The molecule has 0 aromatic heterocycles. The summed E-state index contributed by atoms with van der Waals surface area (Å²) in [5, 5.41) is 19.6. The van der Waals surface area contributed by atoms with Crippen molar-refractivity contribution >= 4 is 11.9 Å². The minimum atomic E-state index is -1.16. The number of rotatable bonds is 4. The Morgan fingerprint density at radius 3 is 2.47 bits per heavy atom. The molecule has 1 aromatic carbocycles. The Hall–Kier alpha value is -2.35. The van der Waals surface area contributed by atoms with Crippen LogP contribution in [0.2, 0.25) is 0 Å². The summed E-state index contributed by atoms with van der Waals surface area (Å²) in [7, 11) is 0. The molecule has 1 rings (SSSR count). The average Bonchev–Trinajstić information content (AvgIpc) is 2.28. The van der Waals surface area contributed by atoms with Crippen molar-refractivity contribution < 1.29 is 14.7 Å². The molecule has 0 aliphatic heterocycles. The van der Waals surface area contributed by atoms with Gasteiger partial charge in [0, 0.05) is 0 Å². The maximum absolute atomic E-state index is 11.2. The number of nitrogens with zero attached hydrogens (tertiary/aromatic N) is 1. The van der Waals surface area contributed by atoms with Crippen LogP contribution in [0.3, 0.4) is 0 Å². The molecule has 0 spiro atoms. The molecule has 0 saturated heterocycles. The molecule has 0 aliphatic rings. The Morgan fingerprint density at radius 1 is 1.41 bits per heavy atom. The van der Waals surface area contributed by atoms with Gasteiger partial charge in [-0.1, -0.05) is 12.1 Å². The number of carbonyl (C=O) groups is 2. The number of carboxylic acids is 1. The van der Waals surface area contributed by atoms with Gasteiger partial charge in [0.2, 0.25) is 5.91 Å². The minimum Gasteiger partial charge on any atom is -0.481 e. The van der Waals surface area contributed by atoms with Gasteiger partial charge in [0.25, 0.3) is 0 Å². The number of hydrogen-bond acceptors (Lipinski definition) is 3. The smallest absolute Gasteiger partial charge is 0.312 e. The van der Waals surface area contributed by atoms with E-state index in [0.29, 0.717) is 5.56 Å². The lowest BCUT2D eigenvalue weighted by atomic mass is 10.1. The van der Waals surface area contributed by atoms with Gasteiger partial charge in [-0.05, 0) is 24.6 Å². The van der Waals surface area contributed by atoms with Crippen molar-refractivity contribution in [1.29, 1.82) is 5.26 Å². The first-order chi connectivity index (χ1) is 8.02. The van der Waals surface area contributed by atoms with Crippen LogP contribution in [0.25, 0.3) is 0 Å². The van der Waals surface area contributed by atoms with Gasteiger partial charge in [-0.3, -0.25) is 9.59 Å². The van der Waals surface area contributed by atoms with E-state index in [-0.39, 0.29) is 6.04 Å². The van der Waals surface area contributed by atoms with Crippen LogP contribution >= 0.6 is 0 Å². The lowest BCUT2D eigenvalue weighted by Gasteiger charge is -2.13. The van der Waals surface area contributed by atoms with Gasteiger partial charge in [0.15, 0.2) is 0 Å². The Morgan fingerprint density at radius 2 is 2.00 bits per heavy atom. The third-order valence-corrected chi connectivity index (χ3v) is 2.23. The predicted octanol–water partition coefficient (Wildman–Crippen LogP) is 1.21. The first-order valence-corrected chi connectivity index (χ1v) is 5.04. The first kappa shape index (κ1) is 12.7. The molecule has 1 atom stereocenters. The quantitative estimate of drug-likeness (QED) is 0.763. The Kier molecular flexibility index (Phi) is 4.23. The summed E-state index contributed by atoms with van der Waals surface area (Å²) in [6, 6.07) is 8.46. The number of aliphatic carboxylic acids is 1. The number of carbonyl (C=O) groups excluding carboxylic acids is 1. The van der Waals surface area contributed by atoms with Gasteiger partial charge in [0.1, 0.15) is 6.42 Å². The van der Waals surface area contributed by atoms with Crippen molar-refractivity contribution in [2.24, 2.45) is 0 Å². The highest BCUT2D eigenvalue weighted by atomic mass is 16.4. The van der Waals surface area contributed by atoms with E-state index in [1.807, 2.05) is 6.07 Å². The van der Waals surface area contributed by atoms with Crippen molar-refractivity contribution in [1.82, 2.24) is 5.32 Å².